The summed E-state index contributed by atoms with van der Waals surface area (Å²) in [5, 5.41) is 8.99. The Kier molecular flexibility index (Phi) is 5.85. The van der Waals surface area contributed by atoms with Gasteiger partial charge in [-0.05, 0) is 42.5 Å². The maximum absolute atomic E-state index is 13.4. The molecule has 2 aromatic heterocycles. The molecule has 0 radical (unpaired) electrons. The van der Waals surface area contributed by atoms with Gasteiger partial charge in [-0.25, -0.2) is 4.39 Å². The van der Waals surface area contributed by atoms with Crippen LogP contribution in [0.2, 0.25) is 0 Å². The van der Waals surface area contributed by atoms with Gasteiger partial charge in [-0.1, -0.05) is 36.0 Å². The number of fused-ring (bicyclic) bond motifs is 3. The first kappa shape index (κ1) is 21.8. The van der Waals surface area contributed by atoms with E-state index >= 15 is 0 Å². The molecule has 4 aromatic rings. The average Bonchev–Trinajstić information content (AvgIpc) is 3.28. The van der Waals surface area contributed by atoms with E-state index in [9.17, 15) is 9.18 Å². The molecule has 0 spiro atoms. The fourth-order valence-corrected chi connectivity index (χ4v) is 4.20. The molecule has 0 aliphatic carbocycles. The lowest BCUT2D eigenvalue weighted by molar-refractivity contribution is -0.118. The van der Waals surface area contributed by atoms with Crippen molar-refractivity contribution in [3.05, 3.63) is 84.9 Å². The fourth-order valence-electron chi connectivity index (χ4n) is 3.69. The van der Waals surface area contributed by atoms with Crippen LogP contribution < -0.4 is 9.64 Å². The monoisotopic (exact) mass is 474 g/mol. The number of rotatable bonds is 5. The number of para-hydroxylation sites is 1. The number of halogens is 1. The van der Waals surface area contributed by atoms with Gasteiger partial charge in [0.1, 0.15) is 11.6 Å². The highest BCUT2D eigenvalue weighted by Gasteiger charge is 2.36. The first-order valence-corrected chi connectivity index (χ1v) is 11.4. The van der Waals surface area contributed by atoms with Crippen LogP contribution in [0, 0.1) is 5.82 Å². The Labute approximate surface area is 199 Å². The number of hydrogen-bond acceptors (Lipinski definition) is 7. The minimum atomic E-state index is -0.942. The number of nitrogens with zero attached hydrogens (tertiary/aromatic N) is 4. The van der Waals surface area contributed by atoms with Gasteiger partial charge in [-0.2, -0.15) is 4.98 Å². The number of aromatic nitrogens is 3. The van der Waals surface area contributed by atoms with Crippen LogP contribution in [0.15, 0.2) is 82.9 Å². The molecule has 0 saturated heterocycles. The molecule has 0 fully saturated rings. The van der Waals surface area contributed by atoms with Crippen molar-refractivity contribution in [3.63, 3.8) is 0 Å². The highest BCUT2D eigenvalue weighted by molar-refractivity contribution is 7.99. The second-order valence-corrected chi connectivity index (χ2v) is 8.42. The molecule has 0 saturated carbocycles. The number of thioether (sulfide) groups is 1. The van der Waals surface area contributed by atoms with Gasteiger partial charge in [0, 0.05) is 23.8 Å². The largest absolute Gasteiger partial charge is 0.455 e. The maximum atomic E-state index is 13.4. The number of anilines is 1. The van der Waals surface area contributed by atoms with E-state index in [2.05, 4.69) is 21.8 Å². The standard InChI is InChI=1S/C25H19FN4O3S/c1-3-14-34-25-27-23-22(28-29-25)18-6-4-5-7-19(18)30(15(2)31)24(33-23)21-13-12-20(32-21)16-8-10-17(26)11-9-16/h3-13,24H,1,14H2,2H3/t24-/m0/s1. The Balaban J connectivity index is 1.63. The molecule has 1 amide bonds. The molecule has 0 N–H and O–H groups in total. The van der Waals surface area contributed by atoms with Gasteiger partial charge >= 0.3 is 0 Å². The fraction of sp³-hybridized carbons (Fsp3) is 0.120. The van der Waals surface area contributed by atoms with Crippen LogP contribution in [-0.2, 0) is 4.79 Å². The number of amides is 1. The normalized spacial score (nSPS) is 14.5. The van der Waals surface area contributed by atoms with Crippen LogP contribution in [-0.4, -0.2) is 26.8 Å². The lowest BCUT2D eigenvalue weighted by Gasteiger charge is -2.28. The molecule has 1 atom stereocenters. The Morgan fingerprint density at radius 2 is 1.94 bits per heavy atom. The van der Waals surface area contributed by atoms with Gasteiger partial charge in [0.25, 0.3) is 0 Å². The Morgan fingerprint density at radius 3 is 2.71 bits per heavy atom. The number of benzene rings is 2. The van der Waals surface area contributed by atoms with Gasteiger partial charge in [-0.15, -0.1) is 16.8 Å². The minimum absolute atomic E-state index is 0.238. The predicted molar refractivity (Wildman–Crippen MR) is 127 cm³/mol. The van der Waals surface area contributed by atoms with Crippen molar-refractivity contribution in [2.24, 2.45) is 0 Å². The summed E-state index contributed by atoms with van der Waals surface area (Å²) in [6.45, 7) is 5.17. The van der Waals surface area contributed by atoms with Crippen LogP contribution in [0.4, 0.5) is 10.1 Å². The molecule has 1 aliphatic heterocycles. The van der Waals surface area contributed by atoms with Gasteiger partial charge in [-0.3, -0.25) is 9.69 Å². The van der Waals surface area contributed by atoms with E-state index < -0.39 is 6.23 Å². The van der Waals surface area contributed by atoms with Crippen LogP contribution >= 0.6 is 11.8 Å². The van der Waals surface area contributed by atoms with E-state index in [0.717, 1.165) is 0 Å². The lowest BCUT2D eigenvalue weighted by Crippen LogP contribution is -2.35. The number of ether oxygens (including phenoxy) is 1. The first-order valence-electron chi connectivity index (χ1n) is 10.4. The second-order valence-electron chi connectivity index (χ2n) is 7.43. The highest BCUT2D eigenvalue weighted by atomic mass is 32.2. The van der Waals surface area contributed by atoms with Crippen molar-refractivity contribution in [3.8, 4) is 28.5 Å². The number of hydrogen-bond donors (Lipinski definition) is 0. The topological polar surface area (TPSA) is 81.3 Å². The third-order valence-electron chi connectivity index (χ3n) is 5.18. The SMILES string of the molecule is C=CCSc1nnc2c(n1)O[C@@H](c1ccc(-c3ccc(F)cc3)o1)N(C(C)=O)c1ccccc1-2. The van der Waals surface area contributed by atoms with Crippen LogP contribution in [0.25, 0.3) is 22.6 Å². The molecule has 0 bridgehead atoms. The van der Waals surface area contributed by atoms with E-state index in [-0.39, 0.29) is 17.6 Å². The summed E-state index contributed by atoms with van der Waals surface area (Å²) in [7, 11) is 0. The zero-order valence-electron chi connectivity index (χ0n) is 18.1. The van der Waals surface area contributed by atoms with Crippen molar-refractivity contribution < 1.29 is 18.3 Å². The summed E-state index contributed by atoms with van der Waals surface area (Å²) >= 11 is 1.37. The number of carbonyl (C=O) groups excluding carboxylic acids is 1. The first-order chi connectivity index (χ1) is 16.5. The molecule has 7 nitrogen and oxygen atoms in total. The van der Waals surface area contributed by atoms with Gasteiger partial charge in [0.15, 0.2) is 11.5 Å². The smallest absolute Gasteiger partial charge is 0.247 e. The summed E-state index contributed by atoms with van der Waals surface area (Å²) in [4.78, 5) is 18.9. The third kappa shape index (κ3) is 4.06. The summed E-state index contributed by atoms with van der Waals surface area (Å²) in [6, 6.07) is 16.8. The number of furan rings is 1. The lowest BCUT2D eigenvalue weighted by atomic mass is 10.1. The van der Waals surface area contributed by atoms with E-state index in [4.69, 9.17) is 9.15 Å². The molecule has 9 heteroatoms. The summed E-state index contributed by atoms with van der Waals surface area (Å²) in [6.07, 6.45) is 0.804. The zero-order valence-corrected chi connectivity index (χ0v) is 19.0. The van der Waals surface area contributed by atoms with Crippen molar-refractivity contribution in [2.75, 3.05) is 10.7 Å². The molecule has 0 unspecified atom stereocenters. The quantitative estimate of drug-likeness (QED) is 0.273. The average molecular weight is 475 g/mol. The Morgan fingerprint density at radius 1 is 1.15 bits per heavy atom. The van der Waals surface area contributed by atoms with E-state index in [1.807, 2.05) is 24.3 Å². The van der Waals surface area contributed by atoms with Crippen molar-refractivity contribution in [1.82, 2.24) is 15.2 Å². The molecule has 170 valence electrons. The van der Waals surface area contributed by atoms with E-state index in [1.165, 1.54) is 35.7 Å². The Bertz CT molecular complexity index is 1370. The van der Waals surface area contributed by atoms with Crippen molar-refractivity contribution in [1.29, 1.82) is 0 Å². The van der Waals surface area contributed by atoms with Crippen molar-refractivity contribution in [2.45, 2.75) is 18.3 Å². The molecule has 2 aromatic carbocycles. The maximum Gasteiger partial charge on any atom is 0.247 e. The van der Waals surface area contributed by atoms with E-state index in [1.54, 1.807) is 30.3 Å². The van der Waals surface area contributed by atoms with Gasteiger partial charge < -0.3 is 9.15 Å². The molecular formula is C25H19FN4O3S. The predicted octanol–water partition coefficient (Wildman–Crippen LogP) is 5.66. The van der Waals surface area contributed by atoms with E-state index in [0.29, 0.717) is 44.9 Å². The zero-order chi connectivity index (χ0) is 23.7. The summed E-state index contributed by atoms with van der Waals surface area (Å²) in [5.74, 6) is 1.16. The molecule has 5 rings (SSSR count). The van der Waals surface area contributed by atoms with Gasteiger partial charge in [0.2, 0.25) is 23.2 Å². The molecule has 34 heavy (non-hydrogen) atoms. The Hall–Kier alpha value is -3.98. The number of carbonyl (C=O) groups is 1. The highest BCUT2D eigenvalue weighted by Crippen LogP contribution is 2.44. The molecule has 1 aliphatic rings. The van der Waals surface area contributed by atoms with Crippen LogP contribution in [0.3, 0.4) is 0 Å². The van der Waals surface area contributed by atoms with Crippen LogP contribution in [0.1, 0.15) is 18.9 Å². The minimum Gasteiger partial charge on any atom is -0.455 e. The second kappa shape index (κ2) is 9.11. The van der Waals surface area contributed by atoms with Crippen LogP contribution in [0.5, 0.6) is 5.88 Å². The summed E-state index contributed by atoms with van der Waals surface area (Å²) in [5.41, 5.74) is 2.39. The summed E-state index contributed by atoms with van der Waals surface area (Å²) < 4.78 is 25.7. The molecular weight excluding hydrogens is 455 g/mol. The van der Waals surface area contributed by atoms with Gasteiger partial charge in [0.05, 0.1) is 5.69 Å². The molecule has 3 heterocycles. The van der Waals surface area contributed by atoms with Crippen molar-refractivity contribution >= 4 is 23.4 Å². The third-order valence-corrected chi connectivity index (χ3v) is 6.01.